The second-order valence-corrected chi connectivity index (χ2v) is 8.88. The van der Waals surface area contributed by atoms with Crippen LogP contribution >= 0.6 is 0 Å². The fourth-order valence-corrected chi connectivity index (χ4v) is 3.59. The predicted octanol–water partition coefficient (Wildman–Crippen LogP) is -0.856. The average molecular weight is 292 g/mol. The van der Waals surface area contributed by atoms with E-state index in [0.29, 0.717) is 17.2 Å². The highest BCUT2D eigenvalue weighted by Crippen LogP contribution is 2.16. The van der Waals surface area contributed by atoms with Crippen LogP contribution in [0.3, 0.4) is 0 Å². The fraction of sp³-hybridized carbons (Fsp3) is 1.00. The minimum atomic E-state index is -3.92. The number of rotatable bonds is 2. The van der Waals surface area contributed by atoms with Gasteiger partial charge in [-0.2, -0.15) is 8.42 Å². The summed E-state index contributed by atoms with van der Waals surface area (Å²) < 4.78 is 53.4. The lowest BCUT2D eigenvalue weighted by atomic mass is 10.3. The summed E-state index contributed by atoms with van der Waals surface area (Å²) in [4.78, 5) is 0. The van der Waals surface area contributed by atoms with Gasteiger partial charge >= 0.3 is 0 Å². The second kappa shape index (κ2) is 6.20. The first-order valence-corrected chi connectivity index (χ1v) is 9.96. The molecule has 1 fully saturated rings. The van der Waals surface area contributed by atoms with E-state index in [-0.39, 0.29) is 6.10 Å². The van der Waals surface area contributed by atoms with Crippen LogP contribution in [0.2, 0.25) is 0 Å². The molecular weight excluding hydrogens is 276 g/mol. The van der Waals surface area contributed by atoms with E-state index in [1.165, 1.54) is 0 Å². The highest BCUT2D eigenvalue weighted by atomic mass is 32.2. The van der Waals surface area contributed by atoms with E-state index in [9.17, 15) is 8.42 Å². The van der Waals surface area contributed by atoms with Crippen molar-refractivity contribution < 1.29 is 25.6 Å². The summed E-state index contributed by atoms with van der Waals surface area (Å²) in [6.45, 7) is 0. The molecule has 1 aliphatic rings. The van der Waals surface area contributed by atoms with Crippen molar-refractivity contribution in [1.82, 2.24) is 0 Å². The van der Waals surface area contributed by atoms with Gasteiger partial charge in [-0.3, -0.25) is 4.18 Å². The molecule has 98 valence electrons. The molecule has 1 heterocycles. The van der Waals surface area contributed by atoms with Gasteiger partial charge in [0.2, 0.25) is 0 Å². The molecule has 1 aliphatic heterocycles. The highest BCUT2D eigenvalue weighted by Gasteiger charge is 2.31. The summed E-state index contributed by atoms with van der Waals surface area (Å²) in [5.41, 5.74) is 0. The van der Waals surface area contributed by atoms with Gasteiger partial charge in [-0.1, -0.05) is 0 Å². The zero-order valence-electron chi connectivity index (χ0n) is 9.37. The first-order valence-electron chi connectivity index (χ1n) is 4.35. The highest BCUT2D eigenvalue weighted by molar-refractivity contribution is 7.96. The van der Waals surface area contributed by atoms with Crippen molar-refractivity contribution in [3.05, 3.63) is 0 Å². The summed E-state index contributed by atoms with van der Waals surface area (Å²) >= 11 is 0. The van der Waals surface area contributed by atoms with Gasteiger partial charge in [0.05, 0.1) is 22.6 Å². The van der Waals surface area contributed by atoms with Crippen molar-refractivity contribution in [1.29, 1.82) is 0 Å². The minimum Gasteiger partial charge on any atom is -0.748 e. The van der Waals surface area contributed by atoms with Crippen molar-refractivity contribution >= 4 is 31.1 Å². The third-order valence-corrected chi connectivity index (χ3v) is 4.06. The Bertz CT molecular complexity index is 390. The van der Waals surface area contributed by atoms with Crippen molar-refractivity contribution in [3.63, 3.8) is 0 Å². The second-order valence-electron chi connectivity index (χ2n) is 3.57. The van der Waals surface area contributed by atoms with Crippen LogP contribution in [-0.4, -0.2) is 57.8 Å². The molecule has 1 saturated heterocycles. The lowest BCUT2D eigenvalue weighted by Gasteiger charge is -2.03. The largest absolute Gasteiger partial charge is 0.748 e. The average Bonchev–Trinajstić information content (AvgIpc) is 2.27. The summed E-state index contributed by atoms with van der Waals surface area (Å²) in [7, 11) is -6.77. The van der Waals surface area contributed by atoms with Gasteiger partial charge in [-0.05, 0) is 10.9 Å². The molecular formula is C7H16O6S3. The van der Waals surface area contributed by atoms with Crippen LogP contribution in [-0.2, 0) is 35.3 Å². The first-order chi connectivity index (χ1) is 6.97. The Balaban J connectivity index is 0.000000385. The molecule has 0 N–H and O–H groups in total. The molecule has 16 heavy (non-hydrogen) atoms. The smallest absolute Gasteiger partial charge is 0.264 e. The van der Waals surface area contributed by atoms with Gasteiger partial charge < -0.3 is 4.55 Å². The van der Waals surface area contributed by atoms with Gasteiger partial charge in [0, 0.05) is 12.7 Å². The third-order valence-electron chi connectivity index (χ3n) is 1.57. The van der Waals surface area contributed by atoms with Crippen LogP contribution in [0.4, 0.5) is 0 Å². The molecule has 0 amide bonds. The predicted molar refractivity (Wildman–Crippen MR) is 63.0 cm³/mol. The molecule has 0 aliphatic carbocycles. The molecule has 9 heteroatoms. The standard InChI is InChI=1S/C6H13O3S2.CH4O3S/c1-10-4-3-6(5-10)9-11(2,7)8;1-5(2,3)4/h6H,3-5H2,1-2H3;1H3,(H,2,3,4)/q+1;/p-1/t6-,10?;/m1./s1. The van der Waals surface area contributed by atoms with Gasteiger partial charge in [0.25, 0.3) is 10.1 Å². The van der Waals surface area contributed by atoms with E-state index in [2.05, 4.69) is 6.26 Å². The summed E-state index contributed by atoms with van der Waals surface area (Å²) in [6.07, 6.45) is 4.71. The fourth-order valence-electron chi connectivity index (χ4n) is 1.14. The molecule has 0 bridgehead atoms. The van der Waals surface area contributed by atoms with Gasteiger partial charge in [0.15, 0.2) is 0 Å². The summed E-state index contributed by atoms with van der Waals surface area (Å²) in [5, 5.41) is 0. The summed E-state index contributed by atoms with van der Waals surface area (Å²) in [5.74, 6) is 2.02. The zero-order chi connectivity index (χ0) is 13.0. The Labute approximate surface area is 99.6 Å². The lowest BCUT2D eigenvalue weighted by Crippen LogP contribution is -2.18. The van der Waals surface area contributed by atoms with Crippen LogP contribution in [0, 0.1) is 0 Å². The molecule has 2 atom stereocenters. The maximum Gasteiger partial charge on any atom is 0.264 e. The van der Waals surface area contributed by atoms with E-state index < -0.39 is 20.2 Å². The number of hydrogen-bond acceptors (Lipinski definition) is 6. The quantitative estimate of drug-likeness (QED) is 0.373. The van der Waals surface area contributed by atoms with Crippen LogP contribution in [0.5, 0.6) is 0 Å². The Kier molecular flexibility index (Phi) is 6.26. The van der Waals surface area contributed by atoms with Crippen LogP contribution in [0.1, 0.15) is 6.42 Å². The van der Waals surface area contributed by atoms with Gasteiger partial charge in [0.1, 0.15) is 17.6 Å². The Morgan fingerprint density at radius 1 is 1.25 bits per heavy atom. The van der Waals surface area contributed by atoms with Crippen molar-refractivity contribution in [3.8, 4) is 0 Å². The van der Waals surface area contributed by atoms with E-state index in [0.717, 1.165) is 24.2 Å². The number of hydrogen-bond donors (Lipinski definition) is 0. The SMILES string of the molecule is CS(=O)(=O)[O-].C[S+]1CC[C@@H](OS(C)(=O)=O)C1. The maximum atomic E-state index is 10.7. The Morgan fingerprint density at radius 2 is 1.69 bits per heavy atom. The molecule has 0 aromatic rings. The van der Waals surface area contributed by atoms with Crippen molar-refractivity contribution in [2.24, 2.45) is 0 Å². The Morgan fingerprint density at radius 3 is 1.94 bits per heavy atom. The minimum absolute atomic E-state index is 0.0432. The van der Waals surface area contributed by atoms with Gasteiger partial charge in [-0.25, -0.2) is 8.42 Å². The van der Waals surface area contributed by atoms with Crippen molar-refractivity contribution in [2.75, 3.05) is 30.3 Å². The topological polar surface area (TPSA) is 101 Å². The third kappa shape index (κ3) is 12.2. The van der Waals surface area contributed by atoms with E-state index in [4.69, 9.17) is 17.2 Å². The molecule has 0 saturated carbocycles. The first kappa shape index (κ1) is 16.2. The molecule has 0 spiro atoms. The zero-order valence-corrected chi connectivity index (χ0v) is 11.8. The van der Waals surface area contributed by atoms with E-state index >= 15 is 0 Å². The molecule has 6 nitrogen and oxygen atoms in total. The van der Waals surface area contributed by atoms with E-state index in [1.54, 1.807) is 0 Å². The molecule has 0 aromatic carbocycles. The Hall–Kier alpha value is 0.170. The molecule has 0 aromatic heterocycles. The maximum absolute atomic E-state index is 10.7. The van der Waals surface area contributed by atoms with Crippen LogP contribution in [0.15, 0.2) is 0 Å². The van der Waals surface area contributed by atoms with Crippen molar-refractivity contribution in [2.45, 2.75) is 12.5 Å². The lowest BCUT2D eigenvalue weighted by molar-refractivity contribution is 0.239. The summed E-state index contributed by atoms with van der Waals surface area (Å²) in [6, 6.07) is 0. The normalized spacial score (nSPS) is 26.0. The van der Waals surface area contributed by atoms with Crippen LogP contribution in [0.25, 0.3) is 0 Å². The van der Waals surface area contributed by atoms with E-state index in [1.807, 2.05) is 0 Å². The van der Waals surface area contributed by atoms with Gasteiger partial charge in [-0.15, -0.1) is 0 Å². The molecule has 0 radical (unpaired) electrons. The molecule has 1 unspecified atom stereocenters. The van der Waals surface area contributed by atoms with Crippen LogP contribution < -0.4 is 0 Å². The molecule has 1 rings (SSSR count). The monoisotopic (exact) mass is 292 g/mol.